The number of benzene rings is 7. The lowest BCUT2D eigenvalue weighted by molar-refractivity contribution is 0.569. The second-order valence-electron chi connectivity index (χ2n) is 16.6. The largest absolute Gasteiger partial charge is 0.375 e. The van der Waals surface area contributed by atoms with Crippen LogP contribution in [0, 0.1) is 11.3 Å². The van der Waals surface area contributed by atoms with E-state index < -0.39 is 0 Å². The number of para-hydroxylation sites is 2. The summed E-state index contributed by atoms with van der Waals surface area (Å²) in [6, 6.07) is 47.6. The number of hydrogen-bond acceptors (Lipinski definition) is 2. The van der Waals surface area contributed by atoms with Gasteiger partial charge < -0.3 is 9.38 Å². The number of nitriles is 1. The topological polar surface area (TPSA) is 32.0 Å². The summed E-state index contributed by atoms with van der Waals surface area (Å²) >= 11 is 0. The average molecular weight is 656 g/mol. The molecular formula is C47H38BN3. The first kappa shape index (κ1) is 30.1. The van der Waals surface area contributed by atoms with Crippen molar-refractivity contribution in [3.8, 4) is 17.2 Å². The summed E-state index contributed by atoms with van der Waals surface area (Å²) in [6.45, 7) is 13.9. The van der Waals surface area contributed by atoms with Gasteiger partial charge in [0.2, 0.25) is 0 Å². The Morgan fingerprint density at radius 2 is 1.24 bits per heavy atom. The van der Waals surface area contributed by atoms with Gasteiger partial charge in [-0.05, 0) is 115 Å². The molecule has 2 aliphatic heterocycles. The zero-order valence-electron chi connectivity index (χ0n) is 30.0. The van der Waals surface area contributed by atoms with Crippen LogP contribution in [0.1, 0.15) is 58.2 Å². The first-order valence-corrected chi connectivity index (χ1v) is 18.0. The van der Waals surface area contributed by atoms with Gasteiger partial charge in [-0.2, -0.15) is 5.26 Å². The van der Waals surface area contributed by atoms with Crippen molar-refractivity contribution in [3.63, 3.8) is 0 Å². The molecular weight excluding hydrogens is 617 g/mol. The number of rotatable bonds is 1. The standard InChI is InChI=1S/C47H38BN3/c1-46(2,3)32-24-33(47(4,5)6)26-34(25-32)50-41-16-10-12-36-38-14-9-13-37-35-11-7-8-15-40(35)51(45(37)38)48(43(36)41)44-39-23-29-18-17-28(27-49)21-31(29)22-30(39)19-20-42(44)50/h7-26H,1-6H3. The highest BCUT2D eigenvalue weighted by molar-refractivity contribution is 6.91. The Balaban J connectivity index is 1.39. The number of aromatic nitrogens is 1. The van der Waals surface area contributed by atoms with Gasteiger partial charge in [-0.25, -0.2) is 0 Å². The molecule has 0 saturated carbocycles. The van der Waals surface area contributed by atoms with Crippen LogP contribution in [0.25, 0.3) is 54.5 Å². The first-order chi connectivity index (χ1) is 24.5. The van der Waals surface area contributed by atoms with Crippen LogP contribution in [0.2, 0.25) is 0 Å². The maximum atomic E-state index is 9.70. The summed E-state index contributed by atoms with van der Waals surface area (Å²) < 4.78 is 2.64. The van der Waals surface area contributed by atoms with Crippen LogP contribution in [0.15, 0.2) is 121 Å². The molecule has 244 valence electrons. The third-order valence-corrected chi connectivity index (χ3v) is 11.4. The van der Waals surface area contributed by atoms with Crippen molar-refractivity contribution in [2.45, 2.75) is 52.4 Å². The monoisotopic (exact) mass is 655 g/mol. The van der Waals surface area contributed by atoms with Crippen molar-refractivity contribution < 1.29 is 0 Å². The molecule has 0 atom stereocenters. The maximum Gasteiger partial charge on any atom is 0.333 e. The minimum absolute atomic E-state index is 0.0214. The highest BCUT2D eigenvalue weighted by Gasteiger charge is 2.43. The van der Waals surface area contributed by atoms with E-state index in [1.54, 1.807) is 0 Å². The van der Waals surface area contributed by atoms with Crippen molar-refractivity contribution in [2.75, 3.05) is 4.90 Å². The summed E-state index contributed by atoms with van der Waals surface area (Å²) in [5, 5.41) is 16.9. The first-order valence-electron chi connectivity index (χ1n) is 18.0. The molecule has 3 heterocycles. The zero-order chi connectivity index (χ0) is 35.0. The molecule has 0 amide bonds. The lowest BCUT2D eigenvalue weighted by atomic mass is 9.44. The van der Waals surface area contributed by atoms with Crippen LogP contribution >= 0.6 is 0 Å². The number of anilines is 3. The molecule has 0 unspecified atom stereocenters. The normalized spacial score (nSPS) is 13.6. The predicted molar refractivity (Wildman–Crippen MR) is 217 cm³/mol. The van der Waals surface area contributed by atoms with E-state index in [4.69, 9.17) is 0 Å². The van der Waals surface area contributed by atoms with E-state index >= 15 is 0 Å². The fourth-order valence-corrected chi connectivity index (χ4v) is 8.86. The van der Waals surface area contributed by atoms with E-state index in [-0.39, 0.29) is 17.7 Å². The van der Waals surface area contributed by atoms with Crippen LogP contribution in [0.4, 0.5) is 17.1 Å². The lowest BCUT2D eigenvalue weighted by Gasteiger charge is -2.41. The Labute approximate surface area is 299 Å². The van der Waals surface area contributed by atoms with Crippen molar-refractivity contribution >= 4 is 78.2 Å². The summed E-state index contributed by atoms with van der Waals surface area (Å²) in [4.78, 5) is 2.55. The van der Waals surface area contributed by atoms with E-state index in [0.717, 1.165) is 10.8 Å². The van der Waals surface area contributed by atoms with Gasteiger partial charge in [0.25, 0.3) is 0 Å². The molecule has 0 spiro atoms. The average Bonchev–Trinajstić information content (AvgIpc) is 3.46. The molecule has 7 aromatic carbocycles. The molecule has 0 bridgehead atoms. The molecule has 1 aromatic heterocycles. The quantitative estimate of drug-likeness (QED) is 0.130. The van der Waals surface area contributed by atoms with Crippen molar-refractivity contribution in [3.05, 3.63) is 138 Å². The van der Waals surface area contributed by atoms with Gasteiger partial charge in [-0.3, -0.25) is 0 Å². The van der Waals surface area contributed by atoms with Gasteiger partial charge in [0.1, 0.15) is 0 Å². The molecule has 0 fully saturated rings. The van der Waals surface area contributed by atoms with E-state index in [9.17, 15) is 5.26 Å². The maximum absolute atomic E-state index is 9.70. The Morgan fingerprint density at radius 3 is 2.00 bits per heavy atom. The van der Waals surface area contributed by atoms with Crippen molar-refractivity contribution in [2.24, 2.45) is 0 Å². The number of hydrogen-bond donors (Lipinski definition) is 0. The third kappa shape index (κ3) is 4.19. The summed E-state index contributed by atoms with van der Waals surface area (Å²) in [6.07, 6.45) is 0. The lowest BCUT2D eigenvalue weighted by Crippen LogP contribution is -2.57. The zero-order valence-corrected chi connectivity index (χ0v) is 30.0. The fourth-order valence-electron chi connectivity index (χ4n) is 8.86. The minimum Gasteiger partial charge on any atom is -0.375 e. The van der Waals surface area contributed by atoms with Crippen molar-refractivity contribution in [1.29, 1.82) is 5.26 Å². The van der Waals surface area contributed by atoms with Crippen LogP contribution in [-0.2, 0) is 10.8 Å². The van der Waals surface area contributed by atoms with E-state index in [0.29, 0.717) is 5.56 Å². The summed E-state index contributed by atoms with van der Waals surface area (Å²) in [5.41, 5.74) is 14.7. The third-order valence-electron chi connectivity index (χ3n) is 11.4. The van der Waals surface area contributed by atoms with Gasteiger partial charge in [-0.15, -0.1) is 0 Å². The van der Waals surface area contributed by atoms with E-state index in [2.05, 4.69) is 166 Å². The fraction of sp³-hybridized carbons (Fsp3) is 0.170. The highest BCUT2D eigenvalue weighted by Crippen LogP contribution is 2.47. The Kier molecular flexibility index (Phi) is 5.98. The second-order valence-corrected chi connectivity index (χ2v) is 16.6. The van der Waals surface area contributed by atoms with Crippen LogP contribution < -0.4 is 15.8 Å². The molecule has 0 radical (unpaired) electrons. The smallest absolute Gasteiger partial charge is 0.333 e. The molecule has 0 aliphatic carbocycles. The Bertz CT molecular complexity index is 2820. The van der Waals surface area contributed by atoms with Gasteiger partial charge in [0, 0.05) is 44.4 Å². The molecule has 10 rings (SSSR count). The van der Waals surface area contributed by atoms with Crippen LogP contribution in [0.5, 0.6) is 0 Å². The predicted octanol–water partition coefficient (Wildman–Crippen LogP) is 11.0. The van der Waals surface area contributed by atoms with E-state index in [1.165, 1.54) is 82.8 Å². The van der Waals surface area contributed by atoms with E-state index in [1.807, 2.05) is 12.1 Å². The van der Waals surface area contributed by atoms with Crippen LogP contribution in [0.3, 0.4) is 0 Å². The van der Waals surface area contributed by atoms with Gasteiger partial charge in [0.05, 0.1) is 11.6 Å². The van der Waals surface area contributed by atoms with Crippen LogP contribution in [-0.4, -0.2) is 11.3 Å². The Hall–Kier alpha value is -5.79. The van der Waals surface area contributed by atoms with Gasteiger partial charge >= 0.3 is 6.85 Å². The molecule has 3 nitrogen and oxygen atoms in total. The second kappa shape index (κ2) is 10.1. The molecule has 0 N–H and O–H groups in total. The number of fused-ring (bicyclic) bond motifs is 10. The van der Waals surface area contributed by atoms with Crippen molar-refractivity contribution in [1.82, 2.24) is 4.48 Å². The molecule has 4 heteroatoms. The SMILES string of the molecule is CC(C)(C)c1cc(N2c3cccc4c3B(c3c2ccc2cc5cc(C#N)ccc5cc32)n2c3ccccc3c3cccc-4c32)cc(C(C)(C)C)c1. The highest BCUT2D eigenvalue weighted by atomic mass is 15.2. The number of nitrogens with zero attached hydrogens (tertiary/aromatic N) is 3. The molecule has 51 heavy (non-hydrogen) atoms. The Morgan fingerprint density at radius 1 is 0.549 bits per heavy atom. The molecule has 8 aromatic rings. The minimum atomic E-state index is -0.0350. The van der Waals surface area contributed by atoms with Gasteiger partial charge in [0.15, 0.2) is 0 Å². The summed E-state index contributed by atoms with van der Waals surface area (Å²) in [5.74, 6) is 0. The molecule has 0 saturated heterocycles. The van der Waals surface area contributed by atoms with Gasteiger partial charge in [-0.1, -0.05) is 108 Å². The summed E-state index contributed by atoms with van der Waals surface area (Å²) in [7, 11) is 0. The molecule has 2 aliphatic rings.